The molecule has 0 aliphatic rings. The van der Waals surface area contributed by atoms with Crippen molar-refractivity contribution in [1.29, 1.82) is 0 Å². The largest absolute Gasteiger partial charge is 0.489 e. The second-order valence-corrected chi connectivity index (χ2v) is 6.45. The maximum absolute atomic E-state index is 13.7. The number of ether oxygens (including phenoxy) is 1. The van der Waals surface area contributed by atoms with Gasteiger partial charge in [-0.1, -0.05) is 30.3 Å². The summed E-state index contributed by atoms with van der Waals surface area (Å²) in [7, 11) is 0. The molecule has 2 aromatic carbocycles. The SMILES string of the molecule is O=C(NCc1cccc(OCc2ccccc2F)c1)c1ccn2cc(F)nc2c1. The maximum atomic E-state index is 13.7. The van der Waals surface area contributed by atoms with Gasteiger partial charge in [-0.3, -0.25) is 4.79 Å². The number of pyridine rings is 1. The lowest BCUT2D eigenvalue weighted by atomic mass is 10.2. The fourth-order valence-electron chi connectivity index (χ4n) is 2.90. The molecule has 0 aliphatic carbocycles. The summed E-state index contributed by atoms with van der Waals surface area (Å²) in [6.07, 6.45) is 2.82. The summed E-state index contributed by atoms with van der Waals surface area (Å²) < 4.78 is 34.0. The van der Waals surface area contributed by atoms with Gasteiger partial charge in [-0.05, 0) is 35.9 Å². The van der Waals surface area contributed by atoms with Crippen molar-refractivity contribution in [2.45, 2.75) is 13.2 Å². The van der Waals surface area contributed by atoms with Gasteiger partial charge in [-0.2, -0.15) is 4.39 Å². The van der Waals surface area contributed by atoms with E-state index >= 15 is 0 Å². The quantitative estimate of drug-likeness (QED) is 0.536. The van der Waals surface area contributed by atoms with E-state index in [-0.39, 0.29) is 24.9 Å². The summed E-state index contributed by atoms with van der Waals surface area (Å²) in [6.45, 7) is 0.396. The van der Waals surface area contributed by atoms with Gasteiger partial charge in [0.25, 0.3) is 5.91 Å². The van der Waals surface area contributed by atoms with E-state index in [0.29, 0.717) is 22.5 Å². The molecule has 0 bridgehead atoms. The number of rotatable bonds is 6. The molecule has 0 fully saturated rings. The lowest BCUT2D eigenvalue weighted by Gasteiger charge is -2.10. The zero-order chi connectivity index (χ0) is 20.2. The number of aromatic nitrogens is 2. The number of nitrogens with one attached hydrogen (secondary N) is 1. The zero-order valence-corrected chi connectivity index (χ0v) is 15.3. The Morgan fingerprint density at radius 1 is 1.07 bits per heavy atom. The van der Waals surface area contributed by atoms with E-state index in [4.69, 9.17) is 4.74 Å². The molecule has 1 N–H and O–H groups in total. The van der Waals surface area contributed by atoms with Gasteiger partial charge < -0.3 is 14.5 Å². The monoisotopic (exact) mass is 393 g/mol. The molecule has 0 saturated carbocycles. The number of imidazole rings is 1. The summed E-state index contributed by atoms with van der Waals surface area (Å²) in [5.74, 6) is -0.636. The molecular formula is C22H17F2N3O2. The Morgan fingerprint density at radius 3 is 2.79 bits per heavy atom. The number of nitrogens with zero attached hydrogens (tertiary/aromatic N) is 2. The smallest absolute Gasteiger partial charge is 0.251 e. The second kappa shape index (κ2) is 8.10. The number of amides is 1. The van der Waals surface area contributed by atoms with Crippen LogP contribution in [-0.4, -0.2) is 15.3 Å². The van der Waals surface area contributed by atoms with E-state index < -0.39 is 5.95 Å². The Hall–Kier alpha value is -3.74. The summed E-state index contributed by atoms with van der Waals surface area (Å²) in [6, 6.07) is 16.8. The van der Waals surface area contributed by atoms with Crippen molar-refractivity contribution >= 4 is 11.6 Å². The van der Waals surface area contributed by atoms with Crippen LogP contribution in [0.2, 0.25) is 0 Å². The number of carbonyl (C=O) groups excluding carboxylic acids is 1. The fourth-order valence-corrected chi connectivity index (χ4v) is 2.90. The van der Waals surface area contributed by atoms with Gasteiger partial charge in [-0.15, -0.1) is 0 Å². The van der Waals surface area contributed by atoms with Gasteiger partial charge in [0.1, 0.15) is 23.8 Å². The number of hydrogen-bond donors (Lipinski definition) is 1. The van der Waals surface area contributed by atoms with Crippen molar-refractivity contribution < 1.29 is 18.3 Å². The minimum absolute atomic E-state index is 0.114. The molecule has 4 rings (SSSR count). The number of fused-ring (bicyclic) bond motifs is 1. The topological polar surface area (TPSA) is 55.6 Å². The van der Waals surface area contributed by atoms with Crippen LogP contribution in [0.25, 0.3) is 5.65 Å². The van der Waals surface area contributed by atoms with Crippen LogP contribution < -0.4 is 10.1 Å². The number of benzene rings is 2. The molecule has 29 heavy (non-hydrogen) atoms. The molecule has 146 valence electrons. The first kappa shape index (κ1) is 18.6. The van der Waals surface area contributed by atoms with Crippen molar-refractivity contribution in [3.63, 3.8) is 0 Å². The van der Waals surface area contributed by atoms with Gasteiger partial charge in [-0.25, -0.2) is 9.37 Å². The third kappa shape index (κ3) is 4.40. The van der Waals surface area contributed by atoms with Crippen LogP contribution >= 0.6 is 0 Å². The van der Waals surface area contributed by atoms with Crippen LogP contribution in [0.1, 0.15) is 21.5 Å². The Balaban J connectivity index is 1.38. The summed E-state index contributed by atoms with van der Waals surface area (Å²) in [5, 5.41) is 2.81. The molecule has 2 aromatic heterocycles. The minimum atomic E-state index is -0.602. The standard InChI is InChI=1S/C22H17F2N3O2/c23-19-7-2-1-5-17(19)14-29-18-6-3-4-15(10-18)12-25-22(28)16-8-9-27-13-20(24)26-21(27)11-16/h1-11,13H,12,14H2,(H,25,28). The molecule has 0 spiro atoms. The minimum Gasteiger partial charge on any atom is -0.489 e. The van der Waals surface area contributed by atoms with Crippen molar-refractivity contribution in [2.75, 3.05) is 0 Å². The lowest BCUT2D eigenvalue weighted by Crippen LogP contribution is -2.22. The average molecular weight is 393 g/mol. The van der Waals surface area contributed by atoms with Crippen LogP contribution in [0.5, 0.6) is 5.75 Å². The molecule has 0 saturated heterocycles. The molecule has 4 aromatic rings. The van der Waals surface area contributed by atoms with Gasteiger partial charge in [0, 0.05) is 23.9 Å². The van der Waals surface area contributed by atoms with Crippen LogP contribution in [0, 0.1) is 11.8 Å². The Kier molecular flexibility index (Phi) is 5.20. The van der Waals surface area contributed by atoms with Crippen molar-refractivity contribution in [3.8, 4) is 5.75 Å². The van der Waals surface area contributed by atoms with E-state index in [2.05, 4.69) is 10.3 Å². The molecule has 1 amide bonds. The first-order valence-electron chi connectivity index (χ1n) is 8.96. The van der Waals surface area contributed by atoms with E-state index in [0.717, 1.165) is 5.56 Å². The fraction of sp³-hybridized carbons (Fsp3) is 0.0909. The van der Waals surface area contributed by atoms with Crippen LogP contribution in [-0.2, 0) is 13.2 Å². The highest BCUT2D eigenvalue weighted by molar-refractivity contribution is 5.94. The highest BCUT2D eigenvalue weighted by atomic mass is 19.1. The van der Waals surface area contributed by atoms with Gasteiger partial charge >= 0.3 is 0 Å². The molecular weight excluding hydrogens is 376 g/mol. The third-order valence-electron chi connectivity index (χ3n) is 4.40. The molecule has 5 nitrogen and oxygen atoms in total. The Labute approximate surface area is 165 Å². The van der Waals surface area contributed by atoms with Crippen molar-refractivity contribution in [3.05, 3.63) is 102 Å². The van der Waals surface area contributed by atoms with E-state index in [1.165, 1.54) is 22.7 Å². The molecule has 0 radical (unpaired) electrons. The van der Waals surface area contributed by atoms with E-state index in [1.54, 1.807) is 48.7 Å². The second-order valence-electron chi connectivity index (χ2n) is 6.45. The summed E-state index contributed by atoms with van der Waals surface area (Å²) in [4.78, 5) is 16.1. The Bertz CT molecular complexity index is 1170. The molecule has 2 heterocycles. The molecule has 0 atom stereocenters. The normalized spacial score (nSPS) is 10.8. The van der Waals surface area contributed by atoms with Crippen LogP contribution in [0.4, 0.5) is 8.78 Å². The molecule has 0 unspecified atom stereocenters. The maximum Gasteiger partial charge on any atom is 0.251 e. The summed E-state index contributed by atoms with van der Waals surface area (Å²) >= 11 is 0. The molecule has 0 aliphatic heterocycles. The first-order valence-corrected chi connectivity index (χ1v) is 8.96. The number of carbonyl (C=O) groups is 1. The van der Waals surface area contributed by atoms with Crippen molar-refractivity contribution in [2.24, 2.45) is 0 Å². The van der Waals surface area contributed by atoms with Crippen molar-refractivity contribution in [1.82, 2.24) is 14.7 Å². The number of hydrogen-bond acceptors (Lipinski definition) is 3. The van der Waals surface area contributed by atoms with E-state index in [1.807, 2.05) is 6.07 Å². The zero-order valence-electron chi connectivity index (χ0n) is 15.3. The Morgan fingerprint density at radius 2 is 1.93 bits per heavy atom. The third-order valence-corrected chi connectivity index (χ3v) is 4.40. The van der Waals surface area contributed by atoms with E-state index in [9.17, 15) is 13.6 Å². The van der Waals surface area contributed by atoms with Crippen LogP contribution in [0.3, 0.4) is 0 Å². The van der Waals surface area contributed by atoms with Crippen LogP contribution in [0.15, 0.2) is 73.1 Å². The lowest BCUT2D eigenvalue weighted by molar-refractivity contribution is 0.0951. The van der Waals surface area contributed by atoms with Gasteiger partial charge in [0.05, 0.1) is 6.20 Å². The first-order chi connectivity index (χ1) is 14.1. The number of halogens is 2. The van der Waals surface area contributed by atoms with Gasteiger partial charge in [0.15, 0.2) is 0 Å². The average Bonchev–Trinajstić information content (AvgIpc) is 3.11. The summed E-state index contributed by atoms with van der Waals surface area (Å²) in [5.41, 5.74) is 2.04. The predicted molar refractivity (Wildman–Crippen MR) is 103 cm³/mol. The predicted octanol–water partition coefficient (Wildman–Crippen LogP) is 4.12. The molecule has 7 heteroatoms. The highest BCUT2D eigenvalue weighted by Gasteiger charge is 2.09. The van der Waals surface area contributed by atoms with Gasteiger partial charge in [0.2, 0.25) is 5.95 Å². The highest BCUT2D eigenvalue weighted by Crippen LogP contribution is 2.17.